The molecule has 4 fully saturated rings. The fourth-order valence-corrected chi connectivity index (χ4v) is 13.8. The zero-order valence-corrected chi connectivity index (χ0v) is 35.2. The van der Waals surface area contributed by atoms with Gasteiger partial charge >= 0.3 is 17.9 Å². The van der Waals surface area contributed by atoms with E-state index in [1.54, 1.807) is 11.8 Å². The SMILES string of the molecule is CC1(C)CC[C@]2(CC(=O)O)CC[C@]3(C)C(=CC[C@@H]4[C@@]5(C)CC[C@@H](OC(=O)Cn6cc(COC(=O)Cc7cccc8ccccc78)nn6)C(C)(C)C5CC[C@]43C)[C@H]2C1. The van der Waals surface area contributed by atoms with Gasteiger partial charge in [0.2, 0.25) is 0 Å². The molecule has 306 valence electrons. The molecule has 5 aliphatic carbocycles. The van der Waals surface area contributed by atoms with Crippen molar-refractivity contribution in [3.05, 3.63) is 71.6 Å². The van der Waals surface area contributed by atoms with Gasteiger partial charge < -0.3 is 14.6 Å². The first kappa shape index (κ1) is 39.8. The molecule has 0 radical (unpaired) electrons. The summed E-state index contributed by atoms with van der Waals surface area (Å²) in [5.74, 6) is -0.0815. The van der Waals surface area contributed by atoms with Crippen LogP contribution in [0, 0.1) is 50.2 Å². The van der Waals surface area contributed by atoms with E-state index in [0.717, 1.165) is 80.5 Å². The molecule has 3 aromatic rings. The minimum atomic E-state index is -0.644. The average molecular weight is 778 g/mol. The fraction of sp³-hybridized carbons (Fsp3) is 0.646. The smallest absolute Gasteiger partial charge is 0.328 e. The van der Waals surface area contributed by atoms with Crippen LogP contribution in [0.2, 0.25) is 0 Å². The van der Waals surface area contributed by atoms with Crippen LogP contribution in [0.25, 0.3) is 10.8 Å². The normalized spacial score (nSPS) is 35.1. The molecule has 0 saturated heterocycles. The van der Waals surface area contributed by atoms with E-state index in [-0.39, 0.29) is 76.5 Å². The number of allylic oxidation sites excluding steroid dienone is 2. The number of hydrogen-bond acceptors (Lipinski definition) is 7. The number of aromatic nitrogens is 3. The number of hydrogen-bond donors (Lipinski definition) is 1. The summed E-state index contributed by atoms with van der Waals surface area (Å²) in [6.45, 7) is 17.0. The average Bonchev–Trinajstić information content (AvgIpc) is 3.59. The van der Waals surface area contributed by atoms with Crippen molar-refractivity contribution in [2.75, 3.05) is 0 Å². The molecule has 8 rings (SSSR count). The molecule has 0 aliphatic heterocycles. The van der Waals surface area contributed by atoms with Crippen LogP contribution in [0.1, 0.15) is 130 Å². The first-order chi connectivity index (χ1) is 26.9. The van der Waals surface area contributed by atoms with Gasteiger partial charge in [0.25, 0.3) is 0 Å². The van der Waals surface area contributed by atoms with Gasteiger partial charge in [-0.05, 0) is 125 Å². The Morgan fingerprint density at radius 3 is 2.40 bits per heavy atom. The summed E-state index contributed by atoms with van der Waals surface area (Å²) < 4.78 is 13.3. The van der Waals surface area contributed by atoms with Gasteiger partial charge in [-0.2, -0.15) is 0 Å². The standard InChI is InChI=1S/C48H63N3O6/c1-43(2)21-23-48(27-40(52)53)24-22-46(6)35(36(48)26-43)15-16-38-45(5)19-18-39(44(3,4)37(45)17-20-47(38,46)7)57-42(55)29-51-28-33(49-50-51)30-56-41(54)25-32-13-10-12-31-11-8-9-14-34(31)32/h8-15,28,36-39H,16-27,29-30H2,1-7H3,(H,52,53)/t36-,37?,38-,39-,45+,46-,47-,48-/m1/s1. The Hall–Kier alpha value is -4.01. The number of esters is 2. The lowest BCUT2D eigenvalue weighted by molar-refractivity contribution is -0.213. The van der Waals surface area contributed by atoms with Crippen LogP contribution in [0.15, 0.2) is 60.3 Å². The van der Waals surface area contributed by atoms with Crippen LogP contribution in [-0.4, -0.2) is 44.1 Å². The number of carboxylic acids is 1. The van der Waals surface area contributed by atoms with Crippen LogP contribution in [0.3, 0.4) is 0 Å². The van der Waals surface area contributed by atoms with Crippen molar-refractivity contribution in [3.63, 3.8) is 0 Å². The molecule has 1 N–H and O–H groups in total. The second-order valence-electron chi connectivity index (χ2n) is 20.9. The van der Waals surface area contributed by atoms with E-state index in [4.69, 9.17) is 9.47 Å². The van der Waals surface area contributed by atoms with Gasteiger partial charge in [0, 0.05) is 5.41 Å². The van der Waals surface area contributed by atoms with E-state index in [0.29, 0.717) is 23.4 Å². The fourth-order valence-electron chi connectivity index (χ4n) is 13.8. The van der Waals surface area contributed by atoms with Gasteiger partial charge in [-0.3, -0.25) is 14.4 Å². The highest BCUT2D eigenvalue weighted by Crippen LogP contribution is 2.76. The van der Waals surface area contributed by atoms with E-state index in [9.17, 15) is 19.5 Å². The molecule has 0 bridgehead atoms. The maximum atomic E-state index is 13.5. The Bertz CT molecular complexity index is 2100. The highest BCUT2D eigenvalue weighted by atomic mass is 16.5. The maximum absolute atomic E-state index is 13.5. The highest BCUT2D eigenvalue weighted by molar-refractivity contribution is 5.89. The molecule has 9 nitrogen and oxygen atoms in total. The molecule has 8 atom stereocenters. The van der Waals surface area contributed by atoms with Crippen molar-refractivity contribution < 1.29 is 29.0 Å². The summed E-state index contributed by atoms with van der Waals surface area (Å²) >= 11 is 0. The van der Waals surface area contributed by atoms with Gasteiger partial charge in [-0.25, -0.2) is 4.68 Å². The largest absolute Gasteiger partial charge is 0.481 e. The number of carbonyl (C=O) groups excluding carboxylic acids is 2. The monoisotopic (exact) mass is 777 g/mol. The van der Waals surface area contributed by atoms with E-state index < -0.39 is 5.97 Å². The summed E-state index contributed by atoms with van der Waals surface area (Å²) in [6, 6.07) is 13.9. The molecule has 2 aromatic carbocycles. The summed E-state index contributed by atoms with van der Waals surface area (Å²) in [5.41, 5.74) is 3.11. The predicted octanol–water partition coefficient (Wildman–Crippen LogP) is 9.91. The molecule has 4 saturated carbocycles. The molecule has 5 aliphatic rings. The Kier molecular flexibility index (Phi) is 9.83. The number of fused-ring (bicyclic) bond motifs is 8. The molecular formula is C48H63N3O6. The Labute approximate surface area is 338 Å². The van der Waals surface area contributed by atoms with Crippen molar-refractivity contribution in [3.8, 4) is 0 Å². The van der Waals surface area contributed by atoms with Crippen LogP contribution in [-0.2, 0) is 43.4 Å². The molecule has 0 spiro atoms. The molecule has 57 heavy (non-hydrogen) atoms. The third-order valence-electron chi connectivity index (χ3n) is 17.0. The quantitative estimate of drug-likeness (QED) is 0.168. The number of benzene rings is 2. The van der Waals surface area contributed by atoms with Crippen LogP contribution < -0.4 is 0 Å². The minimum Gasteiger partial charge on any atom is -0.481 e. The lowest BCUT2D eigenvalue weighted by atomic mass is 9.33. The zero-order valence-electron chi connectivity index (χ0n) is 35.2. The van der Waals surface area contributed by atoms with Crippen LogP contribution >= 0.6 is 0 Å². The minimum absolute atomic E-state index is 0.0216. The molecule has 1 aromatic heterocycles. The van der Waals surface area contributed by atoms with E-state index in [1.807, 2.05) is 42.5 Å². The Morgan fingerprint density at radius 1 is 0.860 bits per heavy atom. The number of nitrogens with zero attached hydrogens (tertiary/aromatic N) is 3. The van der Waals surface area contributed by atoms with Gasteiger partial charge in [0.15, 0.2) is 0 Å². The third-order valence-corrected chi connectivity index (χ3v) is 17.0. The molecule has 1 heterocycles. The van der Waals surface area contributed by atoms with Crippen molar-refractivity contribution in [2.45, 2.75) is 145 Å². The summed E-state index contributed by atoms with van der Waals surface area (Å²) in [7, 11) is 0. The van der Waals surface area contributed by atoms with Crippen LogP contribution in [0.5, 0.6) is 0 Å². The van der Waals surface area contributed by atoms with Crippen molar-refractivity contribution >= 4 is 28.7 Å². The first-order valence-corrected chi connectivity index (χ1v) is 21.5. The molecule has 1 unspecified atom stereocenters. The molecule has 9 heteroatoms. The van der Waals surface area contributed by atoms with Crippen molar-refractivity contribution in [1.29, 1.82) is 0 Å². The topological polar surface area (TPSA) is 121 Å². The Balaban J connectivity index is 0.915. The molecule has 0 amide bonds. The van der Waals surface area contributed by atoms with E-state index in [2.05, 4.69) is 64.9 Å². The number of rotatable bonds is 9. The number of carboxylic acid groups (broad SMARTS) is 1. The third kappa shape index (κ3) is 6.73. The van der Waals surface area contributed by atoms with E-state index in [1.165, 1.54) is 4.68 Å². The second kappa shape index (κ2) is 14.1. The van der Waals surface area contributed by atoms with Gasteiger partial charge in [-0.1, -0.05) is 108 Å². The van der Waals surface area contributed by atoms with E-state index >= 15 is 0 Å². The summed E-state index contributed by atoms with van der Waals surface area (Å²) in [6.07, 6.45) is 14.9. The lowest BCUT2D eigenvalue weighted by Crippen LogP contribution is -2.65. The van der Waals surface area contributed by atoms with Crippen molar-refractivity contribution in [1.82, 2.24) is 15.0 Å². The summed E-state index contributed by atoms with van der Waals surface area (Å²) in [5, 5.41) is 20.5. The summed E-state index contributed by atoms with van der Waals surface area (Å²) in [4.78, 5) is 38.5. The number of ether oxygens (including phenoxy) is 2. The maximum Gasteiger partial charge on any atom is 0.328 e. The molecular weight excluding hydrogens is 715 g/mol. The van der Waals surface area contributed by atoms with Crippen molar-refractivity contribution in [2.24, 2.45) is 50.2 Å². The lowest BCUT2D eigenvalue weighted by Gasteiger charge is -2.71. The number of carbonyl (C=O) groups is 3. The zero-order chi connectivity index (χ0) is 40.6. The van der Waals surface area contributed by atoms with Gasteiger partial charge in [-0.15, -0.1) is 5.10 Å². The van der Waals surface area contributed by atoms with Gasteiger partial charge in [0.1, 0.15) is 24.9 Å². The predicted molar refractivity (Wildman–Crippen MR) is 219 cm³/mol. The van der Waals surface area contributed by atoms with Crippen LogP contribution in [0.4, 0.5) is 0 Å². The first-order valence-electron chi connectivity index (χ1n) is 21.5. The highest BCUT2D eigenvalue weighted by Gasteiger charge is 2.68. The number of aliphatic carboxylic acids is 1. The second-order valence-corrected chi connectivity index (χ2v) is 20.9. The Morgan fingerprint density at radius 2 is 1.61 bits per heavy atom. The van der Waals surface area contributed by atoms with Gasteiger partial charge in [0.05, 0.1) is 19.0 Å².